The normalized spacial score (nSPS) is 17.6. The van der Waals surface area contributed by atoms with Crippen molar-refractivity contribution in [2.24, 2.45) is 10.8 Å². The zero-order valence-electron chi connectivity index (χ0n) is 15.5. The van der Waals surface area contributed by atoms with Crippen molar-refractivity contribution in [1.82, 2.24) is 0 Å². The lowest BCUT2D eigenvalue weighted by Gasteiger charge is -2.15. The molecule has 0 spiro atoms. The maximum absolute atomic E-state index is 12.8. The molecule has 0 radical (unpaired) electrons. The van der Waals surface area contributed by atoms with Gasteiger partial charge < -0.3 is 4.74 Å². The Morgan fingerprint density at radius 1 is 1.12 bits per heavy atom. The molecule has 1 heterocycles. The minimum Gasteiger partial charge on any atom is -0.465 e. The summed E-state index contributed by atoms with van der Waals surface area (Å²) in [4.78, 5) is 25.4. The average molecular weight is 483 g/mol. The third-order valence-electron chi connectivity index (χ3n) is 5.90. The number of carbonyl (C=O) groups excluding carboxylic acids is 2. The minimum absolute atomic E-state index is 0.0909. The van der Waals surface area contributed by atoms with Crippen molar-refractivity contribution in [2.75, 3.05) is 10.2 Å². The van der Waals surface area contributed by atoms with Crippen LogP contribution < -0.4 is 3.11 Å². The van der Waals surface area contributed by atoms with Crippen molar-refractivity contribution >= 4 is 51.1 Å². The van der Waals surface area contributed by atoms with Crippen LogP contribution in [0.5, 0.6) is 0 Å². The summed E-state index contributed by atoms with van der Waals surface area (Å²) in [6.45, 7) is 8.86. The Morgan fingerprint density at radius 3 is 2.19 bits per heavy atom. The average Bonchev–Trinajstić information content (AvgIpc) is 2.92. The topological polar surface area (TPSA) is 46.6 Å². The lowest BCUT2D eigenvalue weighted by molar-refractivity contribution is 0.0601. The Kier molecular flexibility index (Phi) is 4.94. The predicted octanol–water partition coefficient (Wildman–Crippen LogP) is 5.68. The van der Waals surface area contributed by atoms with Crippen LogP contribution in [-0.2, 0) is 4.74 Å². The van der Waals surface area contributed by atoms with Gasteiger partial charge in [-0.25, -0.2) is 7.91 Å². The maximum Gasteiger partial charge on any atom is 0.341 e. The second kappa shape index (κ2) is 6.64. The number of benzene rings is 1. The molecule has 1 fully saturated rings. The van der Waals surface area contributed by atoms with Gasteiger partial charge in [0.2, 0.25) is 0 Å². The number of hydrogen-bond acceptors (Lipinski definition) is 4. The quantitative estimate of drug-likeness (QED) is 0.319. The molecule has 1 aromatic carbocycles. The van der Waals surface area contributed by atoms with Gasteiger partial charge in [0.05, 0.1) is 35.5 Å². The molecular formula is C20H22INO3S. The van der Waals surface area contributed by atoms with Gasteiger partial charge >= 0.3 is 5.97 Å². The zero-order valence-corrected chi connectivity index (χ0v) is 18.5. The van der Waals surface area contributed by atoms with Gasteiger partial charge in [-0.15, -0.1) is 11.3 Å². The fourth-order valence-corrected chi connectivity index (χ4v) is 5.63. The standard InChI is InChI=1S/C20H22INO3S/c1-19(2)15(20(19,3)4)13-11-26-17(14(13)18(24)25-5)22(21)16(23)12-9-7-6-8-10-12/h6-11,15H,1-5H3. The molecule has 0 atom stereocenters. The molecule has 6 heteroatoms. The number of thiophene rings is 1. The SMILES string of the molecule is COC(=O)c1c(C2C(C)(C)C2(C)C)csc1N(I)C(=O)c1ccccc1. The summed E-state index contributed by atoms with van der Waals surface area (Å²) >= 11 is 3.39. The fraction of sp³-hybridized carbons (Fsp3) is 0.400. The summed E-state index contributed by atoms with van der Waals surface area (Å²) < 4.78 is 6.58. The molecule has 3 rings (SSSR count). The first-order chi connectivity index (χ1) is 12.1. The Balaban J connectivity index is 2.04. The first kappa shape index (κ1) is 19.4. The highest BCUT2D eigenvalue weighted by molar-refractivity contribution is 14.1. The fourth-order valence-electron chi connectivity index (χ4n) is 3.78. The number of rotatable bonds is 4. The summed E-state index contributed by atoms with van der Waals surface area (Å²) in [5.41, 5.74) is 2.26. The number of ether oxygens (including phenoxy) is 1. The molecule has 1 aliphatic rings. The van der Waals surface area contributed by atoms with Gasteiger partial charge in [-0.1, -0.05) is 45.9 Å². The van der Waals surface area contributed by atoms with E-state index in [9.17, 15) is 9.59 Å². The van der Waals surface area contributed by atoms with Crippen LogP contribution in [0, 0.1) is 10.8 Å². The number of esters is 1. The minimum atomic E-state index is -0.391. The second-order valence-corrected chi connectivity index (χ2v) is 9.51. The number of nitrogens with zero attached hydrogens (tertiary/aromatic N) is 1. The highest BCUT2D eigenvalue weighted by atomic mass is 127. The van der Waals surface area contributed by atoms with Gasteiger partial charge in [0.1, 0.15) is 5.00 Å². The van der Waals surface area contributed by atoms with Crippen LogP contribution in [-0.4, -0.2) is 19.0 Å². The van der Waals surface area contributed by atoms with E-state index in [-0.39, 0.29) is 22.7 Å². The van der Waals surface area contributed by atoms with Crippen molar-refractivity contribution in [3.63, 3.8) is 0 Å². The molecule has 0 aliphatic heterocycles. The molecule has 0 N–H and O–H groups in total. The molecule has 0 saturated heterocycles. The van der Waals surface area contributed by atoms with E-state index in [4.69, 9.17) is 4.74 Å². The van der Waals surface area contributed by atoms with E-state index < -0.39 is 5.97 Å². The van der Waals surface area contributed by atoms with Crippen molar-refractivity contribution < 1.29 is 14.3 Å². The van der Waals surface area contributed by atoms with Crippen molar-refractivity contribution in [3.05, 3.63) is 52.4 Å². The monoisotopic (exact) mass is 483 g/mol. The molecule has 0 unspecified atom stereocenters. The van der Waals surface area contributed by atoms with Crippen LogP contribution in [0.1, 0.15) is 59.9 Å². The molecular weight excluding hydrogens is 461 g/mol. The number of anilines is 1. The smallest absolute Gasteiger partial charge is 0.341 e. The van der Waals surface area contributed by atoms with Crippen molar-refractivity contribution in [2.45, 2.75) is 33.6 Å². The predicted molar refractivity (Wildman–Crippen MR) is 113 cm³/mol. The highest BCUT2D eigenvalue weighted by Crippen LogP contribution is 2.74. The number of carbonyl (C=O) groups is 2. The van der Waals surface area contributed by atoms with Crippen molar-refractivity contribution in [1.29, 1.82) is 0 Å². The van der Waals surface area contributed by atoms with Gasteiger partial charge in [-0.05, 0) is 39.8 Å². The molecule has 0 bridgehead atoms. The maximum atomic E-state index is 12.8. The molecule has 138 valence electrons. The third kappa shape index (κ3) is 2.87. The van der Waals surface area contributed by atoms with Gasteiger partial charge in [0.25, 0.3) is 5.91 Å². The highest BCUT2D eigenvalue weighted by Gasteiger charge is 2.66. The molecule has 2 aromatic rings. The first-order valence-electron chi connectivity index (χ1n) is 8.39. The number of methoxy groups -OCH3 is 1. The zero-order chi connectivity index (χ0) is 19.3. The molecule has 1 aromatic heterocycles. The van der Waals surface area contributed by atoms with E-state index >= 15 is 0 Å². The molecule has 26 heavy (non-hydrogen) atoms. The van der Waals surface area contributed by atoms with Crippen LogP contribution in [0.3, 0.4) is 0 Å². The van der Waals surface area contributed by atoms with E-state index in [1.54, 1.807) is 12.1 Å². The molecule has 1 amide bonds. The molecule has 1 aliphatic carbocycles. The van der Waals surface area contributed by atoms with Gasteiger partial charge in [-0.2, -0.15) is 0 Å². The van der Waals surface area contributed by atoms with Gasteiger partial charge in [0.15, 0.2) is 0 Å². The van der Waals surface area contributed by atoms with E-state index in [0.717, 1.165) is 5.56 Å². The Bertz CT molecular complexity index is 843. The van der Waals surface area contributed by atoms with Crippen molar-refractivity contribution in [3.8, 4) is 0 Å². The lowest BCUT2D eigenvalue weighted by Crippen LogP contribution is -2.21. The summed E-state index contributed by atoms with van der Waals surface area (Å²) in [6.07, 6.45) is 0. The Labute approximate surface area is 172 Å². The molecule has 1 saturated carbocycles. The summed E-state index contributed by atoms with van der Waals surface area (Å²) in [6, 6.07) is 9.07. The Morgan fingerprint density at radius 2 is 1.69 bits per heavy atom. The molecule has 4 nitrogen and oxygen atoms in total. The Hall–Kier alpha value is -1.41. The van der Waals surface area contributed by atoms with Crippen LogP contribution in [0.2, 0.25) is 0 Å². The third-order valence-corrected chi connectivity index (χ3v) is 8.13. The largest absolute Gasteiger partial charge is 0.465 e. The van der Waals surface area contributed by atoms with Crippen LogP contribution in [0.25, 0.3) is 0 Å². The number of halogens is 1. The van der Waals surface area contributed by atoms with Crippen LogP contribution in [0.15, 0.2) is 35.7 Å². The lowest BCUT2D eigenvalue weighted by atomic mass is 10.0. The van der Waals surface area contributed by atoms with E-state index in [2.05, 4.69) is 27.7 Å². The second-order valence-electron chi connectivity index (χ2n) is 7.69. The summed E-state index contributed by atoms with van der Waals surface area (Å²) in [5, 5.41) is 2.63. The number of hydrogen-bond donors (Lipinski definition) is 0. The van der Waals surface area contributed by atoms with E-state index in [1.807, 2.05) is 46.4 Å². The first-order valence-corrected chi connectivity index (χ1v) is 10.2. The van der Waals surface area contributed by atoms with E-state index in [0.29, 0.717) is 16.1 Å². The summed E-state index contributed by atoms with van der Waals surface area (Å²) in [5.74, 6) is -0.290. The van der Waals surface area contributed by atoms with E-state index in [1.165, 1.54) is 21.6 Å². The number of amides is 1. The van der Waals surface area contributed by atoms with Gasteiger partial charge in [-0.3, -0.25) is 4.79 Å². The van der Waals surface area contributed by atoms with Crippen LogP contribution in [0.4, 0.5) is 5.00 Å². The van der Waals surface area contributed by atoms with Gasteiger partial charge in [0, 0.05) is 5.56 Å². The summed E-state index contributed by atoms with van der Waals surface area (Å²) in [7, 11) is 1.38. The van der Waals surface area contributed by atoms with Crippen LogP contribution >= 0.6 is 34.2 Å².